The fourth-order valence-electron chi connectivity index (χ4n) is 1.82. The van der Waals surface area contributed by atoms with E-state index in [1.165, 1.54) is 20.2 Å². The molecule has 0 nitrogen and oxygen atoms in total. The van der Waals surface area contributed by atoms with Crippen molar-refractivity contribution in [2.24, 2.45) is 0 Å². The van der Waals surface area contributed by atoms with Crippen LogP contribution in [0.1, 0.15) is 5.56 Å². The summed E-state index contributed by atoms with van der Waals surface area (Å²) < 4.78 is 2.62. The SMILES string of the molecule is C#Cc1ccc2sc3ccccc3c2c1. The average molecular weight is 208 g/mol. The van der Waals surface area contributed by atoms with E-state index in [2.05, 4.69) is 42.3 Å². The van der Waals surface area contributed by atoms with Crippen molar-refractivity contribution < 1.29 is 0 Å². The van der Waals surface area contributed by atoms with E-state index >= 15 is 0 Å². The Labute approximate surface area is 92.2 Å². The highest BCUT2D eigenvalue weighted by Gasteiger charge is 2.03. The van der Waals surface area contributed by atoms with Gasteiger partial charge >= 0.3 is 0 Å². The molecular formula is C14H8S. The van der Waals surface area contributed by atoms with Crippen LogP contribution in [-0.2, 0) is 0 Å². The zero-order valence-electron chi connectivity index (χ0n) is 8.03. The minimum absolute atomic E-state index is 0.950. The third kappa shape index (κ3) is 1.23. The summed E-state index contributed by atoms with van der Waals surface area (Å²) in [7, 11) is 0. The standard InChI is InChI=1S/C14H8S/c1-2-10-7-8-14-12(9-10)11-5-3-4-6-13(11)15-14/h1,3-9H. The molecule has 0 N–H and O–H groups in total. The molecule has 0 aliphatic rings. The Bertz CT molecular complexity index is 683. The zero-order valence-corrected chi connectivity index (χ0v) is 8.84. The second-order valence-electron chi connectivity index (χ2n) is 3.45. The molecule has 0 amide bonds. The van der Waals surface area contributed by atoms with Gasteiger partial charge < -0.3 is 0 Å². The lowest BCUT2D eigenvalue weighted by molar-refractivity contribution is 1.76. The molecule has 0 aliphatic carbocycles. The van der Waals surface area contributed by atoms with Gasteiger partial charge in [-0.05, 0) is 24.3 Å². The number of rotatable bonds is 0. The van der Waals surface area contributed by atoms with Crippen LogP contribution in [0.2, 0.25) is 0 Å². The van der Waals surface area contributed by atoms with E-state index in [0.717, 1.165) is 5.56 Å². The van der Waals surface area contributed by atoms with Crippen molar-refractivity contribution in [3.63, 3.8) is 0 Å². The van der Waals surface area contributed by atoms with Gasteiger partial charge in [-0.3, -0.25) is 0 Å². The highest BCUT2D eigenvalue weighted by Crippen LogP contribution is 2.33. The van der Waals surface area contributed by atoms with Gasteiger partial charge in [0.15, 0.2) is 0 Å². The second-order valence-corrected chi connectivity index (χ2v) is 4.54. The number of benzene rings is 2. The lowest BCUT2D eigenvalue weighted by Gasteiger charge is -1.92. The highest BCUT2D eigenvalue weighted by atomic mass is 32.1. The fraction of sp³-hybridized carbons (Fsp3) is 0. The molecule has 1 heterocycles. The summed E-state index contributed by atoms with van der Waals surface area (Å²) >= 11 is 1.81. The maximum atomic E-state index is 5.41. The summed E-state index contributed by atoms with van der Waals surface area (Å²) in [5.41, 5.74) is 0.950. The summed E-state index contributed by atoms with van der Waals surface area (Å²) in [6.45, 7) is 0. The van der Waals surface area contributed by atoms with Gasteiger partial charge in [0.2, 0.25) is 0 Å². The normalized spacial score (nSPS) is 10.6. The van der Waals surface area contributed by atoms with Crippen molar-refractivity contribution in [2.75, 3.05) is 0 Å². The molecule has 2 aromatic carbocycles. The molecule has 0 saturated heterocycles. The quantitative estimate of drug-likeness (QED) is 0.489. The van der Waals surface area contributed by atoms with Gasteiger partial charge in [-0.2, -0.15) is 0 Å². The van der Waals surface area contributed by atoms with Gasteiger partial charge in [0.25, 0.3) is 0 Å². The van der Waals surface area contributed by atoms with E-state index in [-0.39, 0.29) is 0 Å². The van der Waals surface area contributed by atoms with Crippen LogP contribution >= 0.6 is 11.3 Å². The molecule has 0 fully saturated rings. The van der Waals surface area contributed by atoms with Gasteiger partial charge in [-0.1, -0.05) is 24.1 Å². The number of terminal acetylenes is 1. The first-order valence-corrected chi connectivity index (χ1v) is 5.58. The smallest absolute Gasteiger partial charge is 0.0356 e. The molecule has 0 radical (unpaired) electrons. The molecule has 1 aromatic heterocycles. The van der Waals surface area contributed by atoms with Crippen molar-refractivity contribution in [3.8, 4) is 12.3 Å². The van der Waals surface area contributed by atoms with Crippen LogP contribution in [0.25, 0.3) is 20.2 Å². The van der Waals surface area contributed by atoms with Gasteiger partial charge in [-0.15, -0.1) is 17.8 Å². The summed E-state index contributed by atoms with van der Waals surface area (Å²) in [6, 6.07) is 14.6. The fourth-order valence-corrected chi connectivity index (χ4v) is 2.90. The van der Waals surface area contributed by atoms with Crippen LogP contribution in [-0.4, -0.2) is 0 Å². The molecule has 3 aromatic rings. The van der Waals surface area contributed by atoms with Crippen LogP contribution in [0.15, 0.2) is 42.5 Å². The lowest BCUT2D eigenvalue weighted by atomic mass is 10.1. The summed E-state index contributed by atoms with van der Waals surface area (Å²) in [5, 5.41) is 2.57. The molecule has 3 rings (SSSR count). The molecule has 70 valence electrons. The third-order valence-electron chi connectivity index (χ3n) is 2.54. The number of hydrogen-bond donors (Lipinski definition) is 0. The van der Waals surface area contributed by atoms with Gasteiger partial charge in [0, 0.05) is 25.7 Å². The predicted molar refractivity (Wildman–Crippen MR) is 67.3 cm³/mol. The highest BCUT2D eigenvalue weighted by molar-refractivity contribution is 7.25. The third-order valence-corrected chi connectivity index (χ3v) is 3.70. The zero-order chi connectivity index (χ0) is 10.3. The first kappa shape index (κ1) is 8.52. The Morgan fingerprint density at radius 2 is 1.73 bits per heavy atom. The molecule has 0 aliphatic heterocycles. The van der Waals surface area contributed by atoms with Crippen molar-refractivity contribution in [2.45, 2.75) is 0 Å². The molecule has 0 spiro atoms. The van der Waals surface area contributed by atoms with E-state index < -0.39 is 0 Å². The monoisotopic (exact) mass is 208 g/mol. The Hall–Kier alpha value is -1.78. The van der Waals surface area contributed by atoms with Crippen LogP contribution in [0, 0.1) is 12.3 Å². The predicted octanol–water partition coefficient (Wildman–Crippen LogP) is 4.04. The molecule has 0 bridgehead atoms. The van der Waals surface area contributed by atoms with Gasteiger partial charge in [0.1, 0.15) is 0 Å². The molecule has 0 saturated carbocycles. The number of hydrogen-bond acceptors (Lipinski definition) is 1. The molecule has 0 unspecified atom stereocenters. The number of thiophene rings is 1. The summed E-state index contributed by atoms with van der Waals surface area (Å²) in [5.74, 6) is 2.68. The van der Waals surface area contributed by atoms with Crippen LogP contribution in [0.5, 0.6) is 0 Å². The molecular weight excluding hydrogens is 200 g/mol. The first-order valence-electron chi connectivity index (χ1n) is 4.76. The van der Waals surface area contributed by atoms with E-state index in [1.54, 1.807) is 0 Å². The van der Waals surface area contributed by atoms with E-state index in [4.69, 9.17) is 6.42 Å². The van der Waals surface area contributed by atoms with E-state index in [9.17, 15) is 0 Å². The topological polar surface area (TPSA) is 0 Å². The minimum Gasteiger partial charge on any atom is -0.135 e. The van der Waals surface area contributed by atoms with Gasteiger partial charge in [0.05, 0.1) is 0 Å². The van der Waals surface area contributed by atoms with Crippen molar-refractivity contribution >= 4 is 31.5 Å². The molecule has 1 heteroatoms. The Morgan fingerprint density at radius 1 is 0.933 bits per heavy atom. The van der Waals surface area contributed by atoms with Crippen LogP contribution in [0.3, 0.4) is 0 Å². The largest absolute Gasteiger partial charge is 0.135 e. The van der Waals surface area contributed by atoms with E-state index in [0.29, 0.717) is 0 Å². The Morgan fingerprint density at radius 3 is 2.60 bits per heavy atom. The van der Waals surface area contributed by atoms with Crippen LogP contribution < -0.4 is 0 Å². The minimum atomic E-state index is 0.950. The summed E-state index contributed by atoms with van der Waals surface area (Å²) in [4.78, 5) is 0. The Balaban J connectivity index is 2.53. The maximum Gasteiger partial charge on any atom is 0.0356 e. The lowest BCUT2D eigenvalue weighted by Crippen LogP contribution is -1.71. The average Bonchev–Trinajstić information content (AvgIpc) is 2.66. The molecule has 15 heavy (non-hydrogen) atoms. The first-order chi connectivity index (χ1) is 7.38. The second kappa shape index (κ2) is 3.12. The summed E-state index contributed by atoms with van der Waals surface area (Å²) in [6.07, 6.45) is 5.41. The molecule has 0 atom stereocenters. The number of fused-ring (bicyclic) bond motifs is 3. The van der Waals surface area contributed by atoms with Crippen molar-refractivity contribution in [1.82, 2.24) is 0 Å². The van der Waals surface area contributed by atoms with Crippen molar-refractivity contribution in [3.05, 3.63) is 48.0 Å². The van der Waals surface area contributed by atoms with E-state index in [1.807, 2.05) is 17.4 Å². The van der Waals surface area contributed by atoms with Crippen LogP contribution in [0.4, 0.5) is 0 Å². The maximum absolute atomic E-state index is 5.41. The van der Waals surface area contributed by atoms with Crippen molar-refractivity contribution in [1.29, 1.82) is 0 Å². The Kier molecular flexibility index (Phi) is 1.77. The van der Waals surface area contributed by atoms with Gasteiger partial charge in [-0.25, -0.2) is 0 Å².